The number of unbranched alkanes of at least 4 members (excludes halogenated alkanes) is 20. The van der Waals surface area contributed by atoms with Gasteiger partial charge in [-0.3, -0.25) is 0 Å². The largest absolute Gasteiger partial charge is 0.205 e. The van der Waals surface area contributed by atoms with E-state index in [1.54, 1.807) is 11.1 Å². The second kappa shape index (κ2) is 24.8. The summed E-state index contributed by atoms with van der Waals surface area (Å²) >= 11 is 0. The van der Waals surface area contributed by atoms with Gasteiger partial charge in [0.2, 0.25) is 0 Å². The topological polar surface area (TPSA) is 3.88 Å². The Labute approximate surface area is 221 Å². The molecule has 0 aromatic carbocycles. The average molecular weight is 487 g/mol. The highest BCUT2D eigenvalue weighted by molar-refractivity contribution is 5.21. The van der Waals surface area contributed by atoms with E-state index in [4.69, 9.17) is 0 Å². The Morgan fingerprint density at radius 2 is 0.800 bits per heavy atom. The summed E-state index contributed by atoms with van der Waals surface area (Å²) in [6.45, 7) is 8.13. The van der Waals surface area contributed by atoms with Gasteiger partial charge in [0, 0.05) is 18.1 Å². The van der Waals surface area contributed by atoms with Crippen molar-refractivity contribution >= 4 is 0 Å². The molecule has 0 fully saturated rings. The summed E-state index contributed by atoms with van der Waals surface area (Å²) in [6, 6.07) is 2.47. The van der Waals surface area contributed by atoms with Crippen LogP contribution in [0.25, 0.3) is 0 Å². The molecule has 0 saturated carbocycles. The standard InChI is InChI=1S/C34H64N/c1-4-7-10-13-16-17-18-19-20-23-26-30-35-31-29-33(27-24-21-14-11-8-5-2)34(32-35)28-25-22-15-12-9-6-3/h29,31-32H,4-28,30H2,1-3H3/q+1. The van der Waals surface area contributed by atoms with E-state index in [-0.39, 0.29) is 0 Å². The van der Waals surface area contributed by atoms with Gasteiger partial charge in [0.15, 0.2) is 12.4 Å². The average Bonchev–Trinajstić information content (AvgIpc) is 2.87. The van der Waals surface area contributed by atoms with Crippen molar-refractivity contribution in [1.82, 2.24) is 0 Å². The fraction of sp³-hybridized carbons (Fsp3) is 0.853. The minimum Gasteiger partial charge on any atom is -0.205 e. The van der Waals surface area contributed by atoms with E-state index in [2.05, 4.69) is 43.8 Å². The molecule has 1 rings (SSSR count). The Balaban J connectivity index is 2.34. The molecular formula is C34H64N+. The predicted octanol–water partition coefficient (Wildman–Crippen LogP) is 11.1. The molecule has 1 nitrogen and oxygen atoms in total. The Morgan fingerprint density at radius 1 is 0.429 bits per heavy atom. The first-order valence-corrected chi connectivity index (χ1v) is 16.3. The molecule has 35 heavy (non-hydrogen) atoms. The van der Waals surface area contributed by atoms with Crippen molar-refractivity contribution in [3.63, 3.8) is 0 Å². The molecule has 0 atom stereocenters. The van der Waals surface area contributed by atoms with Crippen LogP contribution in [0.5, 0.6) is 0 Å². The van der Waals surface area contributed by atoms with Crippen LogP contribution < -0.4 is 4.57 Å². The minimum atomic E-state index is 1.21. The molecule has 0 spiro atoms. The van der Waals surface area contributed by atoms with E-state index in [0.29, 0.717) is 0 Å². The summed E-state index contributed by atoms with van der Waals surface area (Å²) in [4.78, 5) is 0. The van der Waals surface area contributed by atoms with Crippen LogP contribution in [0.15, 0.2) is 18.5 Å². The molecule has 0 saturated heterocycles. The lowest BCUT2D eigenvalue weighted by molar-refractivity contribution is -0.697. The van der Waals surface area contributed by atoms with Crippen molar-refractivity contribution in [3.05, 3.63) is 29.6 Å². The van der Waals surface area contributed by atoms with Gasteiger partial charge in [0.1, 0.15) is 6.54 Å². The molecule has 0 aliphatic carbocycles. The predicted molar refractivity (Wildman–Crippen MR) is 157 cm³/mol. The van der Waals surface area contributed by atoms with Gasteiger partial charge in [-0.05, 0) is 37.7 Å². The molecular weight excluding hydrogens is 422 g/mol. The molecule has 0 N–H and O–H groups in total. The van der Waals surface area contributed by atoms with E-state index >= 15 is 0 Å². The van der Waals surface area contributed by atoms with Gasteiger partial charge in [-0.25, -0.2) is 4.57 Å². The lowest BCUT2D eigenvalue weighted by Crippen LogP contribution is -2.34. The number of rotatable bonds is 26. The van der Waals surface area contributed by atoms with E-state index < -0.39 is 0 Å². The van der Waals surface area contributed by atoms with E-state index in [1.165, 1.54) is 167 Å². The van der Waals surface area contributed by atoms with Gasteiger partial charge in [0.25, 0.3) is 0 Å². The normalized spacial score (nSPS) is 11.4. The Bertz CT molecular complexity index is 564. The van der Waals surface area contributed by atoms with Crippen LogP contribution in [0.4, 0.5) is 0 Å². The van der Waals surface area contributed by atoms with Crippen LogP contribution in [0.3, 0.4) is 0 Å². The molecule has 1 heterocycles. The first kappa shape index (κ1) is 32.2. The molecule has 0 unspecified atom stereocenters. The molecule has 1 heteroatoms. The molecule has 204 valence electrons. The second-order valence-electron chi connectivity index (χ2n) is 11.3. The zero-order valence-electron chi connectivity index (χ0n) is 24.6. The highest BCUT2D eigenvalue weighted by atomic mass is 14.9. The lowest BCUT2D eigenvalue weighted by Gasteiger charge is -2.09. The summed E-state index contributed by atoms with van der Waals surface area (Å²) in [5.41, 5.74) is 3.30. The van der Waals surface area contributed by atoms with Crippen LogP contribution in [-0.4, -0.2) is 0 Å². The maximum absolute atomic E-state index is 2.52. The maximum Gasteiger partial charge on any atom is 0.172 e. The number of pyridine rings is 1. The fourth-order valence-corrected chi connectivity index (χ4v) is 5.38. The first-order valence-electron chi connectivity index (χ1n) is 16.3. The highest BCUT2D eigenvalue weighted by Gasteiger charge is 2.10. The SMILES string of the molecule is CCCCCCCCCCCCC[n+]1ccc(CCCCCCCC)c(CCCCCCCC)c1. The van der Waals surface area contributed by atoms with Gasteiger partial charge >= 0.3 is 0 Å². The first-order chi connectivity index (χ1) is 17.3. The quantitative estimate of drug-likeness (QED) is 0.0905. The van der Waals surface area contributed by atoms with Crippen molar-refractivity contribution < 1.29 is 4.57 Å². The number of hydrogen-bond acceptors (Lipinski definition) is 0. The van der Waals surface area contributed by atoms with Crippen LogP contribution >= 0.6 is 0 Å². The van der Waals surface area contributed by atoms with Crippen molar-refractivity contribution in [2.75, 3.05) is 0 Å². The summed E-state index contributed by atoms with van der Waals surface area (Å²) in [5.74, 6) is 0. The van der Waals surface area contributed by atoms with Crippen LogP contribution in [0, 0.1) is 0 Å². The molecule has 0 aliphatic rings. The van der Waals surface area contributed by atoms with E-state index in [0.717, 1.165) is 0 Å². The van der Waals surface area contributed by atoms with Gasteiger partial charge in [-0.1, -0.05) is 143 Å². The zero-order valence-corrected chi connectivity index (χ0v) is 24.6. The number of hydrogen-bond donors (Lipinski definition) is 0. The van der Waals surface area contributed by atoms with E-state index in [9.17, 15) is 0 Å². The third-order valence-electron chi connectivity index (χ3n) is 7.82. The van der Waals surface area contributed by atoms with Crippen molar-refractivity contribution in [1.29, 1.82) is 0 Å². The third kappa shape index (κ3) is 19.0. The van der Waals surface area contributed by atoms with Gasteiger partial charge in [-0.15, -0.1) is 0 Å². The second-order valence-corrected chi connectivity index (χ2v) is 11.3. The van der Waals surface area contributed by atoms with Crippen LogP contribution in [0.2, 0.25) is 0 Å². The summed E-state index contributed by atoms with van der Waals surface area (Å²) in [6.07, 6.45) is 39.9. The highest BCUT2D eigenvalue weighted by Crippen LogP contribution is 2.17. The van der Waals surface area contributed by atoms with Crippen LogP contribution in [0.1, 0.15) is 180 Å². The fourth-order valence-electron chi connectivity index (χ4n) is 5.38. The molecule has 1 aromatic rings. The Kier molecular flexibility index (Phi) is 22.8. The third-order valence-corrected chi connectivity index (χ3v) is 7.82. The maximum atomic E-state index is 2.52. The Hall–Kier alpha value is -0.850. The Morgan fingerprint density at radius 3 is 1.26 bits per heavy atom. The smallest absolute Gasteiger partial charge is 0.172 e. The van der Waals surface area contributed by atoms with Crippen molar-refractivity contribution in [2.45, 2.75) is 188 Å². The zero-order chi connectivity index (χ0) is 25.2. The minimum absolute atomic E-state index is 1.21. The molecule has 0 aliphatic heterocycles. The van der Waals surface area contributed by atoms with Crippen molar-refractivity contribution in [2.24, 2.45) is 0 Å². The molecule has 0 bridgehead atoms. The van der Waals surface area contributed by atoms with Gasteiger partial charge < -0.3 is 0 Å². The lowest BCUT2D eigenvalue weighted by atomic mass is 9.98. The number of aryl methyl sites for hydroxylation is 3. The summed E-state index contributed by atoms with van der Waals surface area (Å²) in [5, 5.41) is 0. The monoisotopic (exact) mass is 487 g/mol. The number of aromatic nitrogens is 1. The van der Waals surface area contributed by atoms with Gasteiger partial charge in [-0.2, -0.15) is 0 Å². The summed E-state index contributed by atoms with van der Waals surface area (Å²) < 4.78 is 2.50. The molecule has 1 aromatic heterocycles. The van der Waals surface area contributed by atoms with Crippen LogP contribution in [-0.2, 0) is 19.4 Å². The van der Waals surface area contributed by atoms with Crippen molar-refractivity contribution in [3.8, 4) is 0 Å². The molecule has 0 amide bonds. The number of nitrogens with zero attached hydrogens (tertiary/aromatic N) is 1. The van der Waals surface area contributed by atoms with Gasteiger partial charge in [0.05, 0.1) is 0 Å². The molecule has 0 radical (unpaired) electrons. The summed E-state index contributed by atoms with van der Waals surface area (Å²) in [7, 11) is 0. The van der Waals surface area contributed by atoms with E-state index in [1.807, 2.05) is 0 Å².